The molecule has 1 aliphatic heterocycles. The van der Waals surface area contributed by atoms with Crippen molar-refractivity contribution in [2.75, 3.05) is 19.6 Å². The third-order valence-electron chi connectivity index (χ3n) is 3.97. The molecule has 0 bridgehead atoms. The molecule has 1 aliphatic rings. The van der Waals surface area contributed by atoms with Crippen LogP contribution in [0.15, 0.2) is 29.2 Å². The van der Waals surface area contributed by atoms with Gasteiger partial charge in [-0.2, -0.15) is 4.31 Å². The van der Waals surface area contributed by atoms with Crippen LogP contribution in [0.4, 0.5) is 0 Å². The van der Waals surface area contributed by atoms with E-state index in [0.29, 0.717) is 19.6 Å². The van der Waals surface area contributed by atoms with Gasteiger partial charge in [0.25, 0.3) is 5.91 Å². The number of carbonyl (C=O) groups excluding carboxylic acids is 2. The van der Waals surface area contributed by atoms with Crippen LogP contribution in [0.25, 0.3) is 0 Å². The molecule has 1 atom stereocenters. The summed E-state index contributed by atoms with van der Waals surface area (Å²) >= 11 is 0. The van der Waals surface area contributed by atoms with E-state index < -0.39 is 22.1 Å². The molecule has 1 amide bonds. The van der Waals surface area contributed by atoms with E-state index >= 15 is 0 Å². The molecule has 2 rings (SSSR count). The molecule has 0 aliphatic carbocycles. The first-order valence-electron chi connectivity index (χ1n) is 8.45. The zero-order valence-electron chi connectivity index (χ0n) is 14.5. The van der Waals surface area contributed by atoms with E-state index in [4.69, 9.17) is 4.74 Å². The SMILES string of the molecule is CCCNC(=O)C(C)OC(=O)c1cccc(S(=O)(=O)N2CCCC2)c1. The minimum absolute atomic E-state index is 0.0620. The van der Waals surface area contributed by atoms with E-state index in [1.165, 1.54) is 35.5 Å². The third kappa shape index (κ3) is 4.79. The van der Waals surface area contributed by atoms with Crippen LogP contribution in [0.2, 0.25) is 0 Å². The molecule has 1 fully saturated rings. The van der Waals surface area contributed by atoms with Gasteiger partial charge in [0, 0.05) is 19.6 Å². The predicted octanol–water partition coefficient (Wildman–Crippen LogP) is 1.54. The average molecular weight is 368 g/mol. The molecule has 0 spiro atoms. The van der Waals surface area contributed by atoms with Gasteiger partial charge in [0.05, 0.1) is 10.5 Å². The molecule has 1 aromatic rings. The average Bonchev–Trinajstić information content (AvgIpc) is 3.15. The Morgan fingerprint density at radius 1 is 1.28 bits per heavy atom. The molecule has 8 heteroatoms. The first kappa shape index (κ1) is 19.4. The summed E-state index contributed by atoms with van der Waals surface area (Å²) in [4.78, 5) is 24.1. The molecule has 1 heterocycles. The lowest BCUT2D eigenvalue weighted by atomic mass is 10.2. The molecule has 1 aromatic carbocycles. The highest BCUT2D eigenvalue weighted by Crippen LogP contribution is 2.22. The normalized spacial score (nSPS) is 16.4. The summed E-state index contributed by atoms with van der Waals surface area (Å²) in [6, 6.07) is 5.73. The lowest BCUT2D eigenvalue weighted by Crippen LogP contribution is -2.36. The van der Waals surface area contributed by atoms with Gasteiger partial charge in [-0.05, 0) is 44.4 Å². The molecule has 25 heavy (non-hydrogen) atoms. The van der Waals surface area contributed by atoms with E-state index in [-0.39, 0.29) is 16.4 Å². The number of rotatable bonds is 7. The summed E-state index contributed by atoms with van der Waals surface area (Å²) in [6.07, 6.45) is 1.51. The van der Waals surface area contributed by atoms with Crippen molar-refractivity contribution in [2.24, 2.45) is 0 Å². The van der Waals surface area contributed by atoms with Crippen LogP contribution >= 0.6 is 0 Å². The van der Waals surface area contributed by atoms with E-state index in [9.17, 15) is 18.0 Å². The minimum atomic E-state index is -3.61. The van der Waals surface area contributed by atoms with E-state index in [2.05, 4.69) is 5.32 Å². The van der Waals surface area contributed by atoms with Gasteiger partial charge in [0.1, 0.15) is 0 Å². The number of nitrogens with one attached hydrogen (secondary N) is 1. The topological polar surface area (TPSA) is 92.8 Å². The number of hydrogen-bond acceptors (Lipinski definition) is 5. The maximum Gasteiger partial charge on any atom is 0.338 e. The Balaban J connectivity index is 2.10. The van der Waals surface area contributed by atoms with E-state index in [1.807, 2.05) is 6.92 Å². The quantitative estimate of drug-likeness (QED) is 0.737. The second-order valence-electron chi connectivity index (χ2n) is 5.98. The molecule has 1 N–H and O–H groups in total. The fourth-order valence-electron chi connectivity index (χ4n) is 2.54. The standard InChI is InChI=1S/C17H24N2O5S/c1-3-9-18-16(20)13(2)24-17(21)14-7-6-8-15(12-14)25(22,23)19-10-4-5-11-19/h6-8,12-13H,3-5,9-11H2,1-2H3,(H,18,20). The van der Waals surface area contributed by atoms with Crippen molar-refractivity contribution < 1.29 is 22.7 Å². The van der Waals surface area contributed by atoms with Gasteiger partial charge in [-0.15, -0.1) is 0 Å². The Morgan fingerprint density at radius 3 is 2.60 bits per heavy atom. The number of nitrogens with zero attached hydrogens (tertiary/aromatic N) is 1. The number of sulfonamides is 1. The third-order valence-corrected chi connectivity index (χ3v) is 5.87. The smallest absolute Gasteiger partial charge is 0.338 e. The molecule has 0 aromatic heterocycles. The Labute approximate surface area is 148 Å². The Hall–Kier alpha value is -1.93. The summed E-state index contributed by atoms with van der Waals surface area (Å²) in [7, 11) is -3.61. The van der Waals surface area contributed by atoms with Crippen molar-refractivity contribution in [2.45, 2.75) is 44.1 Å². The van der Waals surface area contributed by atoms with Crippen molar-refractivity contribution >= 4 is 21.9 Å². The summed E-state index contributed by atoms with van der Waals surface area (Å²) in [5, 5.41) is 2.64. The number of benzene rings is 1. The Morgan fingerprint density at radius 2 is 1.96 bits per heavy atom. The second kappa shape index (κ2) is 8.44. The van der Waals surface area contributed by atoms with Crippen LogP contribution in [0, 0.1) is 0 Å². The number of esters is 1. The van der Waals surface area contributed by atoms with Crippen molar-refractivity contribution in [3.8, 4) is 0 Å². The Bertz CT molecular complexity index is 726. The van der Waals surface area contributed by atoms with E-state index in [0.717, 1.165) is 19.3 Å². The number of ether oxygens (including phenoxy) is 1. The van der Waals surface area contributed by atoms with Crippen molar-refractivity contribution in [1.82, 2.24) is 9.62 Å². The molecular weight excluding hydrogens is 344 g/mol. The van der Waals surface area contributed by atoms with Gasteiger partial charge >= 0.3 is 5.97 Å². The minimum Gasteiger partial charge on any atom is -0.449 e. The highest BCUT2D eigenvalue weighted by Gasteiger charge is 2.28. The molecule has 138 valence electrons. The van der Waals surface area contributed by atoms with Crippen LogP contribution in [-0.4, -0.2) is 50.3 Å². The summed E-state index contributed by atoms with van der Waals surface area (Å²) in [6.45, 7) is 4.89. The largest absolute Gasteiger partial charge is 0.449 e. The van der Waals surface area contributed by atoms with Crippen molar-refractivity contribution in [1.29, 1.82) is 0 Å². The van der Waals surface area contributed by atoms with Crippen LogP contribution < -0.4 is 5.32 Å². The molecule has 1 unspecified atom stereocenters. The van der Waals surface area contributed by atoms with Gasteiger partial charge < -0.3 is 10.1 Å². The van der Waals surface area contributed by atoms with Crippen LogP contribution in [-0.2, 0) is 19.6 Å². The molecule has 7 nitrogen and oxygen atoms in total. The second-order valence-corrected chi connectivity index (χ2v) is 7.92. The zero-order valence-corrected chi connectivity index (χ0v) is 15.3. The molecule has 0 saturated carbocycles. The van der Waals surface area contributed by atoms with Gasteiger partial charge in [0.15, 0.2) is 6.10 Å². The number of hydrogen-bond donors (Lipinski definition) is 1. The van der Waals surface area contributed by atoms with Crippen LogP contribution in [0.1, 0.15) is 43.5 Å². The lowest BCUT2D eigenvalue weighted by molar-refractivity contribution is -0.129. The first-order valence-corrected chi connectivity index (χ1v) is 9.89. The first-order chi connectivity index (χ1) is 11.9. The lowest BCUT2D eigenvalue weighted by Gasteiger charge is -2.16. The van der Waals surface area contributed by atoms with Crippen molar-refractivity contribution in [3.05, 3.63) is 29.8 Å². The van der Waals surface area contributed by atoms with Crippen LogP contribution in [0.5, 0.6) is 0 Å². The number of carbonyl (C=O) groups is 2. The fourth-order valence-corrected chi connectivity index (χ4v) is 4.10. The van der Waals surface area contributed by atoms with Gasteiger partial charge in [-0.1, -0.05) is 13.0 Å². The monoisotopic (exact) mass is 368 g/mol. The highest BCUT2D eigenvalue weighted by atomic mass is 32.2. The van der Waals surface area contributed by atoms with Gasteiger partial charge in [0.2, 0.25) is 10.0 Å². The molecule has 1 saturated heterocycles. The van der Waals surface area contributed by atoms with Crippen LogP contribution in [0.3, 0.4) is 0 Å². The zero-order chi connectivity index (χ0) is 18.4. The number of amides is 1. The highest BCUT2D eigenvalue weighted by molar-refractivity contribution is 7.89. The Kier molecular flexibility index (Phi) is 6.55. The summed E-state index contributed by atoms with van der Waals surface area (Å²) in [5.74, 6) is -1.10. The van der Waals surface area contributed by atoms with Gasteiger partial charge in [-0.3, -0.25) is 4.79 Å². The maximum atomic E-state index is 12.6. The maximum absolute atomic E-state index is 12.6. The fraction of sp³-hybridized carbons (Fsp3) is 0.529. The van der Waals surface area contributed by atoms with Crippen molar-refractivity contribution in [3.63, 3.8) is 0 Å². The summed E-state index contributed by atoms with van der Waals surface area (Å²) in [5.41, 5.74) is 0.107. The van der Waals surface area contributed by atoms with Gasteiger partial charge in [-0.25, -0.2) is 13.2 Å². The predicted molar refractivity (Wildman–Crippen MR) is 92.6 cm³/mol. The summed E-state index contributed by atoms with van der Waals surface area (Å²) < 4.78 is 31.7. The van der Waals surface area contributed by atoms with E-state index in [1.54, 1.807) is 0 Å². The molecule has 0 radical (unpaired) electrons. The molecular formula is C17H24N2O5S.